The van der Waals surface area contributed by atoms with E-state index in [4.69, 9.17) is 33.7 Å². The number of likely N-dealkylation sites (tertiary alicyclic amines) is 1. The van der Waals surface area contributed by atoms with Crippen LogP contribution in [0.2, 0.25) is 0 Å². The number of nitrogens with zero attached hydrogens (tertiary/aromatic N) is 6. The predicted octanol–water partition coefficient (Wildman–Crippen LogP) is 9.38. The number of amides is 7. The number of imide groups is 1. The van der Waals surface area contributed by atoms with Crippen molar-refractivity contribution in [3.8, 4) is 28.7 Å². The van der Waals surface area contributed by atoms with E-state index in [0.717, 1.165) is 60.1 Å². The highest BCUT2D eigenvalue weighted by molar-refractivity contribution is 6.13. The first kappa shape index (κ1) is 59.1. The lowest BCUT2D eigenvalue weighted by Gasteiger charge is -2.29. The number of ether oxygens (including phenoxy) is 5. The first-order chi connectivity index (χ1) is 41.2. The highest BCUT2D eigenvalue weighted by Gasteiger charge is 2.43. The molecule has 1 fully saturated rings. The van der Waals surface area contributed by atoms with E-state index in [2.05, 4.69) is 10.6 Å². The van der Waals surface area contributed by atoms with Crippen molar-refractivity contribution in [2.75, 3.05) is 59.5 Å². The molecule has 0 bridgehead atoms. The van der Waals surface area contributed by atoms with E-state index < -0.39 is 11.6 Å². The number of anilines is 1. The van der Waals surface area contributed by atoms with Crippen LogP contribution in [0.3, 0.4) is 0 Å². The van der Waals surface area contributed by atoms with Gasteiger partial charge >= 0.3 is 0 Å². The minimum absolute atomic E-state index is 0.0200. The summed E-state index contributed by atoms with van der Waals surface area (Å²) < 4.78 is 29.1. The third-order valence-corrected chi connectivity index (χ3v) is 16.3. The van der Waals surface area contributed by atoms with Crippen molar-refractivity contribution in [2.45, 2.75) is 114 Å². The van der Waals surface area contributed by atoms with E-state index in [-0.39, 0.29) is 60.6 Å². The smallest absolute Gasteiger partial charge is 0.260 e. The fourth-order valence-corrected chi connectivity index (χ4v) is 11.6. The quantitative estimate of drug-likeness (QED) is 0.0443. The summed E-state index contributed by atoms with van der Waals surface area (Å²) in [4.78, 5) is 107. The van der Waals surface area contributed by atoms with Gasteiger partial charge < -0.3 is 49.0 Å². The molecule has 3 atom stereocenters. The molecule has 0 radical (unpaired) electrons. The maximum atomic E-state index is 14.2. The Labute approximate surface area is 494 Å². The molecule has 6 aliphatic heterocycles. The Hall–Kier alpha value is -9.07. The first-order valence-electron chi connectivity index (χ1n) is 29.3. The summed E-state index contributed by atoms with van der Waals surface area (Å²) in [6, 6.07) is 21.2. The lowest BCUT2D eigenvalue weighted by atomic mass is 9.93. The Morgan fingerprint density at radius 1 is 0.671 bits per heavy atom. The second kappa shape index (κ2) is 26.7. The zero-order chi connectivity index (χ0) is 59.6. The van der Waals surface area contributed by atoms with Gasteiger partial charge in [-0.15, -0.1) is 0 Å². The van der Waals surface area contributed by atoms with E-state index in [9.17, 15) is 33.6 Å². The average molecular weight is 1160 g/mol. The van der Waals surface area contributed by atoms with E-state index >= 15 is 0 Å². The molecule has 0 aromatic heterocycles. The van der Waals surface area contributed by atoms with Gasteiger partial charge in [0.25, 0.3) is 23.6 Å². The Balaban J connectivity index is 0.653. The zero-order valence-electron chi connectivity index (χ0n) is 48.6. The third-order valence-electron chi connectivity index (χ3n) is 16.3. The Kier molecular flexibility index (Phi) is 18.5. The SMILES string of the molecule is COc1ccc(C2=CN3C(=O)c4cc(OC)c(OCCCOc5cc6c(cc5OC)C(=O)N5C=C(c7ccc(NC(=O)[C@@H]8CCCN8C(=O)CCCCCCNC(=O)CCCCCN8C(=O)C=CC8=O)cc7)CC5C=N6)cc4N=CC3(C)C2)cc1. The second-order valence-corrected chi connectivity index (χ2v) is 22.2. The number of carbonyl (C=O) groups excluding carboxylic acids is 7. The number of hydrogen-bond acceptors (Lipinski definition) is 14. The molecule has 0 spiro atoms. The largest absolute Gasteiger partial charge is 0.497 e. The van der Waals surface area contributed by atoms with E-state index in [1.54, 1.807) is 52.3 Å². The number of unbranched alkanes of at least 4 members (excludes halogenated alkanes) is 5. The summed E-state index contributed by atoms with van der Waals surface area (Å²) in [7, 11) is 4.68. The molecule has 4 aromatic carbocycles. The van der Waals surface area contributed by atoms with Crippen LogP contribution < -0.4 is 34.3 Å². The Morgan fingerprint density at radius 2 is 1.31 bits per heavy atom. The minimum atomic E-state index is -0.669. The van der Waals surface area contributed by atoms with E-state index in [1.807, 2.05) is 74.1 Å². The Morgan fingerprint density at radius 3 is 2.00 bits per heavy atom. The van der Waals surface area contributed by atoms with Crippen molar-refractivity contribution in [1.29, 1.82) is 0 Å². The van der Waals surface area contributed by atoms with Crippen LogP contribution in [0.1, 0.15) is 129 Å². The topological polar surface area (TPSA) is 227 Å². The van der Waals surface area contributed by atoms with Gasteiger partial charge in [0, 0.05) is 107 Å². The van der Waals surface area contributed by atoms with Gasteiger partial charge in [-0.2, -0.15) is 0 Å². The van der Waals surface area contributed by atoms with E-state index in [1.165, 1.54) is 31.3 Å². The van der Waals surface area contributed by atoms with Gasteiger partial charge in [-0.3, -0.25) is 48.4 Å². The van der Waals surface area contributed by atoms with Gasteiger partial charge in [0.15, 0.2) is 23.0 Å². The maximum absolute atomic E-state index is 14.2. The van der Waals surface area contributed by atoms with Gasteiger partial charge in [0.05, 0.1) is 68.6 Å². The monoisotopic (exact) mass is 1160 g/mol. The molecule has 7 amide bonds. The molecule has 0 saturated carbocycles. The average Bonchev–Trinajstić information content (AvgIpc) is 4.22. The van der Waals surface area contributed by atoms with Crippen LogP contribution in [-0.4, -0.2) is 145 Å². The number of aliphatic imine (C=N–C) groups is 2. The third kappa shape index (κ3) is 13.5. The lowest BCUT2D eigenvalue weighted by Crippen LogP contribution is -2.43. The first-order valence-corrected chi connectivity index (χ1v) is 29.3. The van der Waals surface area contributed by atoms with Gasteiger partial charge in [0.2, 0.25) is 17.7 Å². The normalized spacial score (nSPS) is 19.2. The molecular weight excluding hydrogens is 1080 g/mol. The summed E-state index contributed by atoms with van der Waals surface area (Å²) in [5, 5.41) is 5.96. The lowest BCUT2D eigenvalue weighted by molar-refractivity contribution is -0.137. The molecule has 2 N–H and O–H groups in total. The second-order valence-electron chi connectivity index (χ2n) is 22.2. The fourth-order valence-electron chi connectivity index (χ4n) is 11.6. The van der Waals surface area contributed by atoms with Crippen molar-refractivity contribution < 1.29 is 57.2 Å². The standard InChI is InChI=1S/C65H72N8O12/c1-65-37-45(43-19-23-48(81-2)24-20-43)40-73(65)64(80)50-34-55(83-4)57(36-52(50)68-41-65)85-31-13-30-84-56-35-51-49(33-54(56)82-3)63(79)72-39-44(32-47(72)38-67-51)42-17-21-46(22-18-42)69-62(78)53-14-12-29-70(53)59(75)16-9-5-6-10-27-66-58(74)15-8-7-11-28-71-60(76)25-26-61(71)77/h17-26,33-36,38-41,47,53H,5-16,27-32,37H2,1-4H3,(H,66,74)(H,69,78)/t47?,53-,65?/m0/s1. The summed E-state index contributed by atoms with van der Waals surface area (Å²) >= 11 is 0. The van der Waals surface area contributed by atoms with Gasteiger partial charge in [-0.1, -0.05) is 43.5 Å². The molecule has 10 rings (SSSR count). The number of carbonyl (C=O) groups is 7. The van der Waals surface area contributed by atoms with Crippen LogP contribution in [0.4, 0.5) is 17.1 Å². The van der Waals surface area contributed by atoms with Crippen LogP contribution in [0, 0.1) is 0 Å². The molecule has 4 aromatic rings. The number of fused-ring (bicyclic) bond motifs is 4. The van der Waals surface area contributed by atoms with Crippen molar-refractivity contribution in [3.63, 3.8) is 0 Å². The van der Waals surface area contributed by atoms with Crippen molar-refractivity contribution in [3.05, 3.63) is 120 Å². The van der Waals surface area contributed by atoms with Crippen molar-refractivity contribution in [2.24, 2.45) is 9.98 Å². The van der Waals surface area contributed by atoms with Gasteiger partial charge in [-0.05, 0) is 104 Å². The molecule has 85 heavy (non-hydrogen) atoms. The molecule has 444 valence electrons. The number of hydrogen-bond donors (Lipinski definition) is 2. The molecule has 20 heteroatoms. The van der Waals surface area contributed by atoms with Crippen molar-refractivity contribution in [1.82, 2.24) is 24.9 Å². The van der Waals surface area contributed by atoms with Crippen LogP contribution in [-0.2, 0) is 24.0 Å². The zero-order valence-corrected chi connectivity index (χ0v) is 48.6. The number of nitrogens with one attached hydrogen (secondary N) is 2. The predicted molar refractivity (Wildman–Crippen MR) is 321 cm³/mol. The number of methoxy groups -OCH3 is 3. The highest BCUT2D eigenvalue weighted by Crippen LogP contribution is 2.44. The fraction of sp³-hybridized carbons (Fsp3) is 0.400. The molecule has 6 aliphatic rings. The molecular formula is C65H72N8O12. The van der Waals surface area contributed by atoms with E-state index in [0.29, 0.717) is 129 Å². The number of rotatable bonds is 26. The molecule has 1 saturated heterocycles. The summed E-state index contributed by atoms with van der Waals surface area (Å²) in [6.45, 7) is 3.97. The maximum Gasteiger partial charge on any atom is 0.260 e. The van der Waals surface area contributed by atoms with Crippen LogP contribution >= 0.6 is 0 Å². The molecule has 20 nitrogen and oxygen atoms in total. The minimum Gasteiger partial charge on any atom is -0.497 e. The summed E-state index contributed by atoms with van der Waals surface area (Å²) in [6.07, 6.45) is 18.9. The van der Waals surface area contributed by atoms with Crippen LogP contribution in [0.25, 0.3) is 11.1 Å². The van der Waals surface area contributed by atoms with Crippen molar-refractivity contribution >= 4 is 82.0 Å². The highest BCUT2D eigenvalue weighted by atomic mass is 16.5. The molecule has 2 unspecified atom stereocenters. The van der Waals surface area contributed by atoms with Gasteiger partial charge in [-0.25, -0.2) is 0 Å². The summed E-state index contributed by atoms with van der Waals surface area (Å²) in [5.41, 5.74) is 5.51. The number of benzene rings is 4. The Bertz CT molecular complexity index is 3370. The van der Waals surface area contributed by atoms with Gasteiger partial charge in [0.1, 0.15) is 11.8 Å². The molecule has 0 aliphatic carbocycles. The summed E-state index contributed by atoms with van der Waals surface area (Å²) in [5.74, 6) is 1.14. The van der Waals surface area contributed by atoms with Crippen LogP contribution in [0.5, 0.6) is 28.7 Å². The van der Waals surface area contributed by atoms with Crippen LogP contribution in [0.15, 0.2) is 107 Å². The molecule has 6 heterocycles.